The molecule has 0 saturated carbocycles. The average Bonchev–Trinajstić information content (AvgIpc) is 2.83. The topological polar surface area (TPSA) is 91.6 Å². The van der Waals surface area contributed by atoms with Gasteiger partial charge in [-0.15, -0.1) is 0 Å². The fourth-order valence-corrected chi connectivity index (χ4v) is 4.00. The molecule has 2 heterocycles. The number of halogens is 3. The Morgan fingerprint density at radius 1 is 1.30 bits per heavy atom. The second-order valence-electron chi connectivity index (χ2n) is 6.47. The first-order chi connectivity index (χ1) is 12.5. The molecule has 1 saturated heterocycles. The van der Waals surface area contributed by atoms with Gasteiger partial charge in [-0.2, -0.15) is 22.6 Å². The van der Waals surface area contributed by atoms with Gasteiger partial charge >= 0.3 is 15.5 Å². The van der Waals surface area contributed by atoms with Crippen LogP contribution in [0.1, 0.15) is 29.8 Å². The summed E-state index contributed by atoms with van der Waals surface area (Å²) in [6.45, 7) is 4.02. The van der Waals surface area contributed by atoms with E-state index in [1.165, 1.54) is 0 Å². The smallest absolute Gasteiger partial charge is 0.354 e. The number of piperidine rings is 1. The van der Waals surface area contributed by atoms with Crippen LogP contribution in [0.5, 0.6) is 0 Å². The van der Waals surface area contributed by atoms with Gasteiger partial charge in [0.2, 0.25) is 0 Å². The molecule has 1 aromatic heterocycles. The Hall–Kier alpha value is -1.82. The van der Waals surface area contributed by atoms with Crippen LogP contribution in [0.2, 0.25) is 0 Å². The van der Waals surface area contributed by atoms with E-state index in [9.17, 15) is 21.6 Å². The van der Waals surface area contributed by atoms with Crippen molar-refractivity contribution in [1.29, 1.82) is 0 Å². The summed E-state index contributed by atoms with van der Waals surface area (Å²) >= 11 is 0. The number of hydrogen-bond acceptors (Lipinski definition) is 4. The summed E-state index contributed by atoms with van der Waals surface area (Å²) in [6, 6.07) is -0.160. The first kappa shape index (κ1) is 21.5. The lowest BCUT2D eigenvalue weighted by Crippen LogP contribution is -2.51. The fraction of sp³-hybridized carbons (Fsp3) is 0.733. The molecule has 0 aromatic carbocycles. The van der Waals surface area contributed by atoms with Crippen molar-refractivity contribution in [3.63, 3.8) is 0 Å². The van der Waals surface area contributed by atoms with Crippen LogP contribution in [0.4, 0.5) is 13.2 Å². The second kappa shape index (κ2) is 8.05. The minimum absolute atomic E-state index is 0.160. The maximum Gasteiger partial charge on any atom is 0.511 e. The highest BCUT2D eigenvalue weighted by Gasteiger charge is 2.50. The van der Waals surface area contributed by atoms with E-state index in [4.69, 9.17) is 0 Å². The molecule has 0 aliphatic carbocycles. The Morgan fingerprint density at radius 3 is 2.33 bits per heavy atom. The minimum Gasteiger partial charge on any atom is -0.354 e. The zero-order chi connectivity index (χ0) is 20.4. The first-order valence-corrected chi connectivity index (χ1v) is 9.94. The Bertz CT molecular complexity index is 795. The molecule has 2 N–H and O–H groups in total. The van der Waals surface area contributed by atoms with Crippen molar-refractivity contribution in [2.75, 3.05) is 20.1 Å². The summed E-state index contributed by atoms with van der Waals surface area (Å²) < 4.78 is 63.1. The zero-order valence-electron chi connectivity index (χ0n) is 15.8. The summed E-state index contributed by atoms with van der Waals surface area (Å²) in [5.74, 6) is 0.509. The van der Waals surface area contributed by atoms with Crippen molar-refractivity contribution in [2.24, 2.45) is 12.0 Å². The van der Waals surface area contributed by atoms with Crippen LogP contribution in [-0.4, -0.2) is 60.2 Å². The van der Waals surface area contributed by atoms with Crippen molar-refractivity contribution in [3.8, 4) is 0 Å². The van der Waals surface area contributed by atoms with E-state index in [1.54, 1.807) is 11.7 Å². The second-order valence-corrected chi connectivity index (χ2v) is 8.40. The Kier molecular flexibility index (Phi) is 6.40. The SMILES string of the molecule is CN=C(NCc1c(C)nn(C)c1C)NC1CCN(S(=O)(=O)C(F)(F)F)CC1. The van der Waals surface area contributed by atoms with Gasteiger partial charge in [0.05, 0.1) is 5.69 Å². The Morgan fingerprint density at radius 2 is 1.89 bits per heavy atom. The molecule has 2 rings (SSSR count). The number of nitrogens with zero attached hydrogens (tertiary/aromatic N) is 4. The lowest BCUT2D eigenvalue weighted by atomic mass is 10.1. The van der Waals surface area contributed by atoms with E-state index in [0.717, 1.165) is 17.0 Å². The van der Waals surface area contributed by atoms with E-state index < -0.39 is 15.5 Å². The molecular weight excluding hydrogens is 385 g/mol. The lowest BCUT2D eigenvalue weighted by molar-refractivity contribution is -0.0494. The van der Waals surface area contributed by atoms with Gasteiger partial charge in [0.1, 0.15) is 0 Å². The van der Waals surface area contributed by atoms with Gasteiger partial charge in [-0.1, -0.05) is 0 Å². The van der Waals surface area contributed by atoms with Crippen molar-refractivity contribution in [1.82, 2.24) is 24.7 Å². The quantitative estimate of drug-likeness (QED) is 0.571. The number of nitrogens with one attached hydrogen (secondary N) is 2. The molecule has 1 fully saturated rings. The van der Waals surface area contributed by atoms with Gasteiger partial charge in [-0.25, -0.2) is 8.42 Å². The largest absolute Gasteiger partial charge is 0.511 e. The number of rotatable bonds is 4. The van der Waals surface area contributed by atoms with Crippen LogP contribution in [0.15, 0.2) is 4.99 Å². The maximum atomic E-state index is 12.6. The van der Waals surface area contributed by atoms with Crippen LogP contribution in [-0.2, 0) is 23.6 Å². The van der Waals surface area contributed by atoms with Crippen LogP contribution in [0.25, 0.3) is 0 Å². The number of aryl methyl sites for hydroxylation is 2. The lowest BCUT2D eigenvalue weighted by Gasteiger charge is -2.32. The highest BCUT2D eigenvalue weighted by Crippen LogP contribution is 2.28. The van der Waals surface area contributed by atoms with Crippen molar-refractivity contribution in [2.45, 2.75) is 44.8 Å². The molecule has 0 spiro atoms. The molecular formula is C15H25F3N6O2S. The number of guanidine groups is 1. The Balaban J connectivity index is 1.90. The predicted molar refractivity (Wildman–Crippen MR) is 95.6 cm³/mol. The monoisotopic (exact) mass is 410 g/mol. The number of alkyl halides is 3. The molecule has 0 bridgehead atoms. The highest BCUT2D eigenvalue weighted by atomic mass is 32.2. The average molecular weight is 410 g/mol. The summed E-state index contributed by atoms with van der Waals surface area (Å²) in [7, 11) is -1.80. The summed E-state index contributed by atoms with van der Waals surface area (Å²) in [5.41, 5.74) is -2.28. The fourth-order valence-electron chi connectivity index (χ4n) is 3.02. The van der Waals surface area contributed by atoms with Gasteiger partial charge in [-0.05, 0) is 26.7 Å². The van der Waals surface area contributed by atoms with Crippen LogP contribution < -0.4 is 10.6 Å². The standard InChI is InChI=1S/C15H25F3N6O2S/c1-10-13(11(2)23(4)22-10)9-20-14(19-3)21-12-5-7-24(8-6-12)27(25,26)15(16,17)18/h12H,5-9H2,1-4H3,(H2,19,20,21). The molecule has 154 valence electrons. The molecule has 1 aromatic rings. The van der Waals surface area contributed by atoms with Crippen LogP contribution in [0.3, 0.4) is 0 Å². The van der Waals surface area contributed by atoms with E-state index in [-0.39, 0.29) is 32.0 Å². The van der Waals surface area contributed by atoms with Gasteiger partial charge in [0.25, 0.3) is 0 Å². The van der Waals surface area contributed by atoms with Crippen molar-refractivity contribution in [3.05, 3.63) is 17.0 Å². The van der Waals surface area contributed by atoms with Crippen LogP contribution in [0, 0.1) is 13.8 Å². The summed E-state index contributed by atoms with van der Waals surface area (Å²) in [5, 5.41) is 10.7. The molecule has 12 heteroatoms. The molecule has 0 unspecified atom stereocenters. The molecule has 8 nitrogen and oxygen atoms in total. The van der Waals surface area contributed by atoms with Gasteiger partial charge in [0, 0.05) is 51.0 Å². The summed E-state index contributed by atoms with van der Waals surface area (Å²) in [6.07, 6.45) is 0.530. The van der Waals surface area contributed by atoms with E-state index in [1.807, 2.05) is 20.9 Å². The molecule has 1 aliphatic rings. The molecule has 0 atom stereocenters. The maximum absolute atomic E-state index is 12.6. The van der Waals surface area contributed by atoms with E-state index in [2.05, 4.69) is 20.7 Å². The van der Waals surface area contributed by atoms with E-state index in [0.29, 0.717) is 16.8 Å². The molecule has 1 aliphatic heterocycles. The molecule has 27 heavy (non-hydrogen) atoms. The zero-order valence-corrected chi connectivity index (χ0v) is 16.6. The molecule has 0 radical (unpaired) electrons. The van der Waals surface area contributed by atoms with Gasteiger partial charge in [0.15, 0.2) is 5.96 Å². The van der Waals surface area contributed by atoms with E-state index >= 15 is 0 Å². The predicted octanol–water partition coefficient (Wildman–Crippen LogP) is 1.02. The number of aliphatic imine (C=N–C) groups is 1. The highest BCUT2D eigenvalue weighted by molar-refractivity contribution is 7.90. The van der Waals surface area contributed by atoms with Gasteiger partial charge < -0.3 is 10.6 Å². The summed E-state index contributed by atoms with van der Waals surface area (Å²) in [4.78, 5) is 4.13. The first-order valence-electron chi connectivity index (χ1n) is 8.50. The van der Waals surface area contributed by atoms with Crippen LogP contribution >= 0.6 is 0 Å². The van der Waals surface area contributed by atoms with Gasteiger partial charge in [-0.3, -0.25) is 9.67 Å². The molecule has 0 amide bonds. The third-order valence-corrected chi connectivity index (χ3v) is 6.37. The number of hydrogen-bond donors (Lipinski definition) is 2. The number of sulfonamides is 1. The Labute approximate surface area is 156 Å². The third kappa shape index (κ3) is 4.72. The normalized spacial score (nSPS) is 18.0. The number of aromatic nitrogens is 2. The van der Waals surface area contributed by atoms with Crippen molar-refractivity contribution < 1.29 is 21.6 Å². The minimum atomic E-state index is -5.26. The third-order valence-electron chi connectivity index (χ3n) is 4.74. The van der Waals surface area contributed by atoms with Crippen molar-refractivity contribution >= 4 is 16.0 Å².